The number of methoxy groups -OCH3 is 1. The second-order valence-corrected chi connectivity index (χ2v) is 14.2. The maximum Gasteiger partial charge on any atom is 0.434 e. The molecule has 1 aromatic heterocycles. The number of alkyl halides is 3. The number of anilines is 3. The molecule has 0 saturated carbocycles. The van der Waals surface area contributed by atoms with Gasteiger partial charge in [-0.2, -0.15) is 13.2 Å². The van der Waals surface area contributed by atoms with Crippen molar-refractivity contribution in [2.45, 2.75) is 51.9 Å². The van der Waals surface area contributed by atoms with Crippen LogP contribution in [0.25, 0.3) is 0 Å². The van der Waals surface area contributed by atoms with E-state index in [1.54, 1.807) is 55.5 Å². The lowest BCUT2D eigenvalue weighted by atomic mass is 10.0. The first-order chi connectivity index (χ1) is 22.1. The smallest absolute Gasteiger partial charge is 0.434 e. The Morgan fingerprint density at radius 1 is 1.02 bits per heavy atom. The van der Waals surface area contributed by atoms with E-state index in [0.717, 1.165) is 27.8 Å². The Bertz CT molecular complexity index is 1780. The third-order valence-corrected chi connectivity index (χ3v) is 9.28. The topological polar surface area (TPSA) is 130 Å². The SMILES string of the molecule is COc1ccc(NS(=O)(=O)C[C@H](O)[C@H](Cc2ccccc2)NC(=O)c2ccc(C)c(Nc3nc(C(F)(F)F)cs3)c2)c(CC(C)C)c1. The summed E-state index contributed by atoms with van der Waals surface area (Å²) < 4.78 is 73.7. The van der Waals surface area contributed by atoms with Crippen molar-refractivity contribution in [1.82, 2.24) is 10.3 Å². The van der Waals surface area contributed by atoms with E-state index in [0.29, 0.717) is 29.1 Å². The summed E-state index contributed by atoms with van der Waals surface area (Å²) in [4.78, 5) is 17.1. The Morgan fingerprint density at radius 3 is 2.38 bits per heavy atom. The maximum absolute atomic E-state index is 13.5. The summed E-state index contributed by atoms with van der Waals surface area (Å²) in [6.07, 6.45) is -5.39. The van der Waals surface area contributed by atoms with Gasteiger partial charge in [0.2, 0.25) is 10.0 Å². The molecule has 0 saturated heterocycles. The summed E-state index contributed by atoms with van der Waals surface area (Å²) in [7, 11) is -2.57. The molecule has 0 aliphatic carbocycles. The number of nitrogens with zero attached hydrogens (tertiary/aromatic N) is 1. The highest BCUT2D eigenvalue weighted by atomic mass is 32.2. The number of hydrogen-bond donors (Lipinski definition) is 4. The van der Waals surface area contributed by atoms with Crippen molar-refractivity contribution in [2.24, 2.45) is 5.92 Å². The number of aromatic nitrogens is 1. The molecule has 1 amide bonds. The van der Waals surface area contributed by atoms with Crippen LogP contribution in [0.2, 0.25) is 0 Å². The Labute approximate surface area is 276 Å². The number of carbonyl (C=O) groups is 1. The predicted molar refractivity (Wildman–Crippen MR) is 178 cm³/mol. The summed E-state index contributed by atoms with van der Waals surface area (Å²) in [6.45, 7) is 5.74. The van der Waals surface area contributed by atoms with Gasteiger partial charge in [-0.1, -0.05) is 50.2 Å². The molecule has 0 spiro atoms. The number of halogens is 3. The summed E-state index contributed by atoms with van der Waals surface area (Å²) in [5, 5.41) is 17.8. The highest BCUT2D eigenvalue weighted by Gasteiger charge is 2.34. The van der Waals surface area contributed by atoms with Crippen LogP contribution in [0.4, 0.5) is 29.7 Å². The monoisotopic (exact) mass is 690 g/mol. The van der Waals surface area contributed by atoms with E-state index in [9.17, 15) is 31.5 Å². The second kappa shape index (κ2) is 15.2. The molecule has 0 aliphatic rings. The first-order valence-electron chi connectivity index (χ1n) is 14.7. The van der Waals surface area contributed by atoms with E-state index in [1.807, 2.05) is 19.9 Å². The summed E-state index contributed by atoms with van der Waals surface area (Å²) in [5.74, 6) is -0.494. The van der Waals surface area contributed by atoms with E-state index < -0.39 is 45.7 Å². The van der Waals surface area contributed by atoms with Crippen molar-refractivity contribution in [3.05, 3.63) is 100 Å². The number of ether oxygens (including phenoxy) is 1. The van der Waals surface area contributed by atoms with E-state index >= 15 is 0 Å². The molecule has 1 heterocycles. The number of sulfonamides is 1. The first kappa shape index (κ1) is 35.7. The summed E-state index contributed by atoms with van der Waals surface area (Å²) in [5.41, 5.74) is 2.01. The Hall–Kier alpha value is -4.14. The van der Waals surface area contributed by atoms with Crippen molar-refractivity contribution in [1.29, 1.82) is 0 Å². The molecular weight excluding hydrogens is 654 g/mol. The van der Waals surface area contributed by atoms with Crippen LogP contribution in [0.5, 0.6) is 5.75 Å². The lowest BCUT2D eigenvalue weighted by Gasteiger charge is -2.25. The Kier molecular flexibility index (Phi) is 11.5. The average molecular weight is 691 g/mol. The molecule has 2 atom stereocenters. The van der Waals surface area contributed by atoms with Crippen LogP contribution >= 0.6 is 11.3 Å². The highest BCUT2D eigenvalue weighted by Crippen LogP contribution is 2.33. The Morgan fingerprint density at radius 2 is 1.74 bits per heavy atom. The molecule has 0 radical (unpaired) electrons. The number of aryl methyl sites for hydroxylation is 1. The zero-order chi connectivity index (χ0) is 34.4. The zero-order valence-corrected chi connectivity index (χ0v) is 27.9. The number of rotatable bonds is 14. The van der Waals surface area contributed by atoms with Crippen LogP contribution in [0.15, 0.2) is 72.1 Å². The van der Waals surface area contributed by atoms with Gasteiger partial charge in [0.1, 0.15) is 5.75 Å². The van der Waals surface area contributed by atoms with E-state index in [1.165, 1.54) is 19.2 Å². The van der Waals surface area contributed by atoms with Gasteiger partial charge in [0.05, 0.1) is 30.7 Å². The third kappa shape index (κ3) is 10.2. The van der Waals surface area contributed by atoms with E-state index in [-0.39, 0.29) is 23.0 Å². The van der Waals surface area contributed by atoms with Crippen LogP contribution in [0.1, 0.15) is 46.6 Å². The minimum absolute atomic E-state index is 0.00137. The fraction of sp³-hybridized carbons (Fsp3) is 0.333. The van der Waals surface area contributed by atoms with Gasteiger partial charge in [-0.05, 0) is 72.7 Å². The van der Waals surface area contributed by atoms with Crippen LogP contribution < -0.4 is 20.1 Å². The van der Waals surface area contributed by atoms with Gasteiger partial charge in [-0.25, -0.2) is 13.4 Å². The molecule has 47 heavy (non-hydrogen) atoms. The second-order valence-electron chi connectivity index (χ2n) is 11.5. The van der Waals surface area contributed by atoms with E-state index in [2.05, 4.69) is 20.3 Å². The van der Waals surface area contributed by atoms with Crippen molar-refractivity contribution >= 4 is 43.8 Å². The highest BCUT2D eigenvalue weighted by molar-refractivity contribution is 7.92. The lowest BCUT2D eigenvalue weighted by molar-refractivity contribution is -0.140. The molecule has 0 fully saturated rings. The van der Waals surface area contributed by atoms with Gasteiger partial charge in [-0.15, -0.1) is 11.3 Å². The molecule has 252 valence electrons. The molecule has 0 unspecified atom stereocenters. The van der Waals surface area contributed by atoms with Crippen molar-refractivity contribution in [3.63, 3.8) is 0 Å². The van der Waals surface area contributed by atoms with Crippen molar-refractivity contribution in [2.75, 3.05) is 22.9 Å². The molecule has 14 heteroatoms. The summed E-state index contributed by atoms with van der Waals surface area (Å²) in [6, 6.07) is 17.6. The number of nitrogens with one attached hydrogen (secondary N) is 3. The first-order valence-corrected chi connectivity index (χ1v) is 17.3. The molecule has 4 aromatic rings. The average Bonchev–Trinajstić information content (AvgIpc) is 3.48. The Balaban J connectivity index is 1.54. The number of benzene rings is 3. The van der Waals surface area contributed by atoms with Crippen LogP contribution in [-0.2, 0) is 29.0 Å². The number of aliphatic hydroxyl groups is 1. The van der Waals surface area contributed by atoms with Crippen LogP contribution in [0.3, 0.4) is 0 Å². The van der Waals surface area contributed by atoms with Crippen molar-refractivity contribution < 1.29 is 36.2 Å². The molecule has 4 N–H and O–H groups in total. The van der Waals surface area contributed by atoms with Gasteiger partial charge >= 0.3 is 6.18 Å². The fourth-order valence-electron chi connectivity index (χ4n) is 4.83. The minimum Gasteiger partial charge on any atom is -0.497 e. The number of hydrogen-bond acceptors (Lipinski definition) is 8. The quantitative estimate of drug-likeness (QED) is 0.118. The molecule has 3 aromatic carbocycles. The number of amides is 1. The van der Waals surface area contributed by atoms with Gasteiger partial charge in [0, 0.05) is 16.6 Å². The van der Waals surface area contributed by atoms with E-state index in [4.69, 9.17) is 4.74 Å². The standard InChI is InChI=1S/C33H37F3N4O5S2/c1-20(2)14-24-16-25(45-4)12-13-26(24)40-47(43,44)19-29(41)28(15-22-8-6-5-7-9-22)37-31(42)23-11-10-21(3)27(17-23)38-32-39-30(18-46-32)33(34,35)36/h5-13,16-18,20,28-29,40-41H,14-15,19H2,1-4H3,(H,37,42)(H,38,39)/t28-,29-/m0/s1. The largest absolute Gasteiger partial charge is 0.497 e. The molecular formula is C33H37F3N4O5S2. The molecule has 4 rings (SSSR count). The molecule has 0 bridgehead atoms. The summed E-state index contributed by atoms with van der Waals surface area (Å²) >= 11 is 0.776. The van der Waals surface area contributed by atoms with Crippen LogP contribution in [-0.4, -0.2) is 49.4 Å². The minimum atomic E-state index is -4.59. The van der Waals surface area contributed by atoms with Gasteiger partial charge in [-0.3, -0.25) is 9.52 Å². The molecule has 0 aliphatic heterocycles. The number of aliphatic hydroxyl groups excluding tert-OH is 1. The normalized spacial score (nSPS) is 13.2. The lowest BCUT2D eigenvalue weighted by Crippen LogP contribution is -2.48. The number of carbonyl (C=O) groups excluding carboxylic acids is 1. The van der Waals surface area contributed by atoms with Gasteiger partial charge < -0.3 is 20.5 Å². The molecule has 9 nitrogen and oxygen atoms in total. The van der Waals surface area contributed by atoms with Crippen LogP contribution in [0, 0.1) is 12.8 Å². The van der Waals surface area contributed by atoms with Gasteiger partial charge in [0.25, 0.3) is 5.91 Å². The third-order valence-electron chi connectivity index (χ3n) is 7.21. The maximum atomic E-state index is 13.5. The number of thiazole rings is 1. The fourth-order valence-corrected chi connectivity index (χ4v) is 6.86. The zero-order valence-electron chi connectivity index (χ0n) is 26.3. The van der Waals surface area contributed by atoms with Crippen molar-refractivity contribution in [3.8, 4) is 5.75 Å². The predicted octanol–water partition coefficient (Wildman–Crippen LogP) is 6.56. The van der Waals surface area contributed by atoms with Gasteiger partial charge in [0.15, 0.2) is 10.8 Å².